The molecule has 2 amide bonds. The van der Waals surface area contributed by atoms with Crippen molar-refractivity contribution in [2.45, 2.75) is 32.6 Å². The van der Waals surface area contributed by atoms with Crippen molar-refractivity contribution < 1.29 is 19.4 Å². The summed E-state index contributed by atoms with van der Waals surface area (Å²) in [6.45, 7) is 5.04. The average molecular weight is 360 g/mol. The molecule has 6 heteroatoms. The molecule has 0 bridgehead atoms. The van der Waals surface area contributed by atoms with Crippen molar-refractivity contribution in [2.75, 3.05) is 39.9 Å². The van der Waals surface area contributed by atoms with Crippen LogP contribution in [0, 0.1) is 12.3 Å². The maximum absolute atomic E-state index is 12.9. The molecule has 1 N–H and O–H groups in total. The second-order valence-corrected chi connectivity index (χ2v) is 7.64. The van der Waals surface area contributed by atoms with Gasteiger partial charge in [0.05, 0.1) is 6.61 Å². The summed E-state index contributed by atoms with van der Waals surface area (Å²) < 4.78 is 5.12. The average Bonchev–Trinajstić information content (AvgIpc) is 2.64. The summed E-state index contributed by atoms with van der Waals surface area (Å²) in [5.41, 5.74) is 1.26. The van der Waals surface area contributed by atoms with Gasteiger partial charge in [-0.15, -0.1) is 0 Å². The fraction of sp³-hybridized carbons (Fsp3) is 0.600. The molecule has 3 rings (SSSR count). The Kier molecular flexibility index (Phi) is 5.51. The number of carbonyl (C=O) groups excluding carboxylic acids is 2. The highest BCUT2D eigenvalue weighted by molar-refractivity contribution is 5.94. The molecule has 2 aliphatic rings. The van der Waals surface area contributed by atoms with Crippen molar-refractivity contribution in [3.63, 3.8) is 0 Å². The quantitative estimate of drug-likeness (QED) is 0.894. The Bertz CT molecular complexity index is 690. The van der Waals surface area contributed by atoms with Gasteiger partial charge in [-0.1, -0.05) is 6.07 Å². The summed E-state index contributed by atoms with van der Waals surface area (Å²) in [5.74, 6) is 0.288. The van der Waals surface area contributed by atoms with Gasteiger partial charge in [0.15, 0.2) is 0 Å². The van der Waals surface area contributed by atoms with Crippen LogP contribution in [0.25, 0.3) is 0 Å². The van der Waals surface area contributed by atoms with Gasteiger partial charge in [0.1, 0.15) is 5.75 Å². The van der Waals surface area contributed by atoms with Crippen molar-refractivity contribution >= 4 is 11.8 Å². The van der Waals surface area contributed by atoms with E-state index in [2.05, 4.69) is 0 Å². The molecule has 0 aliphatic carbocycles. The second-order valence-electron chi connectivity index (χ2n) is 7.64. The van der Waals surface area contributed by atoms with E-state index in [4.69, 9.17) is 4.74 Å². The van der Waals surface area contributed by atoms with Gasteiger partial charge in [-0.2, -0.15) is 0 Å². The molecule has 0 unspecified atom stereocenters. The predicted molar refractivity (Wildman–Crippen MR) is 98.1 cm³/mol. The molecule has 6 nitrogen and oxygen atoms in total. The number of rotatable bonds is 4. The summed E-state index contributed by atoms with van der Waals surface area (Å²) in [6, 6.07) is 5.09. The molecule has 0 aromatic heterocycles. The number of ether oxygens (including phenoxy) is 1. The lowest BCUT2D eigenvalue weighted by Crippen LogP contribution is -2.55. The molecule has 26 heavy (non-hydrogen) atoms. The van der Waals surface area contributed by atoms with Crippen LogP contribution < -0.4 is 0 Å². The van der Waals surface area contributed by atoms with Gasteiger partial charge in [-0.25, -0.2) is 0 Å². The van der Waals surface area contributed by atoms with Gasteiger partial charge < -0.3 is 19.6 Å². The number of benzene rings is 1. The van der Waals surface area contributed by atoms with E-state index in [1.807, 2.05) is 16.7 Å². The van der Waals surface area contributed by atoms with Crippen LogP contribution in [0.5, 0.6) is 5.75 Å². The van der Waals surface area contributed by atoms with Crippen LogP contribution in [-0.2, 0) is 9.53 Å². The fourth-order valence-electron chi connectivity index (χ4n) is 4.15. The van der Waals surface area contributed by atoms with Crippen molar-refractivity contribution in [1.29, 1.82) is 0 Å². The molecule has 0 saturated carbocycles. The number of phenols is 1. The first-order chi connectivity index (χ1) is 12.4. The van der Waals surface area contributed by atoms with Crippen molar-refractivity contribution in [3.05, 3.63) is 29.3 Å². The van der Waals surface area contributed by atoms with E-state index in [0.717, 1.165) is 31.4 Å². The molecule has 2 saturated heterocycles. The zero-order valence-corrected chi connectivity index (χ0v) is 15.7. The van der Waals surface area contributed by atoms with E-state index < -0.39 is 0 Å². The summed E-state index contributed by atoms with van der Waals surface area (Å²) in [4.78, 5) is 28.9. The molecular formula is C20H28N2O4. The molecule has 1 aromatic rings. The molecule has 1 atom stereocenters. The monoisotopic (exact) mass is 360 g/mol. The van der Waals surface area contributed by atoms with Gasteiger partial charge in [0.2, 0.25) is 5.91 Å². The van der Waals surface area contributed by atoms with E-state index in [0.29, 0.717) is 38.2 Å². The summed E-state index contributed by atoms with van der Waals surface area (Å²) in [6.07, 6.45) is 3.35. The Morgan fingerprint density at radius 3 is 2.85 bits per heavy atom. The number of nitrogens with zero attached hydrogens (tertiary/aromatic N) is 2. The highest BCUT2D eigenvalue weighted by atomic mass is 16.5. The third-order valence-electron chi connectivity index (χ3n) is 5.72. The molecule has 1 spiro atoms. The summed E-state index contributed by atoms with van der Waals surface area (Å²) in [5, 5.41) is 9.91. The van der Waals surface area contributed by atoms with Gasteiger partial charge in [-0.05, 0) is 43.9 Å². The Labute approximate surface area is 154 Å². The number of carbonyl (C=O) groups is 2. The SMILES string of the molecule is COCCN1C[C@]2(CCCN(C(=O)c3ccc(C)c(O)c3)C2)CCC1=O. The zero-order chi connectivity index (χ0) is 18.7. The largest absolute Gasteiger partial charge is 0.508 e. The number of methoxy groups -OCH3 is 1. The van der Waals surface area contributed by atoms with Crippen LogP contribution in [-0.4, -0.2) is 66.6 Å². The summed E-state index contributed by atoms with van der Waals surface area (Å²) >= 11 is 0. The van der Waals surface area contributed by atoms with Gasteiger partial charge in [-0.3, -0.25) is 9.59 Å². The lowest BCUT2D eigenvalue weighted by molar-refractivity contribution is -0.139. The molecular weight excluding hydrogens is 332 g/mol. The topological polar surface area (TPSA) is 70.1 Å². The van der Waals surface area contributed by atoms with Gasteiger partial charge in [0.25, 0.3) is 5.91 Å². The second kappa shape index (κ2) is 7.66. The molecule has 2 fully saturated rings. The van der Waals surface area contributed by atoms with E-state index in [1.165, 1.54) is 0 Å². The lowest BCUT2D eigenvalue weighted by atomic mass is 9.73. The van der Waals surface area contributed by atoms with E-state index in [-0.39, 0.29) is 23.0 Å². The molecule has 142 valence electrons. The smallest absolute Gasteiger partial charge is 0.254 e. The molecule has 2 aliphatic heterocycles. The first-order valence-corrected chi connectivity index (χ1v) is 9.30. The maximum atomic E-state index is 12.9. The normalized spacial score (nSPS) is 23.5. The Balaban J connectivity index is 1.72. The van der Waals surface area contributed by atoms with Crippen LogP contribution in [0.2, 0.25) is 0 Å². The number of hydrogen-bond acceptors (Lipinski definition) is 4. The fourth-order valence-corrected chi connectivity index (χ4v) is 4.15. The van der Waals surface area contributed by atoms with Crippen molar-refractivity contribution in [3.8, 4) is 5.75 Å². The van der Waals surface area contributed by atoms with Crippen LogP contribution in [0.4, 0.5) is 0 Å². The lowest BCUT2D eigenvalue weighted by Gasteiger charge is -2.48. The number of phenolic OH excluding ortho intramolecular Hbond substituents is 1. The van der Waals surface area contributed by atoms with Gasteiger partial charge in [0, 0.05) is 50.7 Å². The van der Waals surface area contributed by atoms with Crippen LogP contribution in [0.15, 0.2) is 18.2 Å². The number of hydrogen-bond donors (Lipinski definition) is 1. The third-order valence-corrected chi connectivity index (χ3v) is 5.72. The van der Waals surface area contributed by atoms with Crippen LogP contribution >= 0.6 is 0 Å². The first kappa shape index (κ1) is 18.7. The zero-order valence-electron chi connectivity index (χ0n) is 15.7. The van der Waals surface area contributed by atoms with E-state index >= 15 is 0 Å². The Morgan fingerprint density at radius 2 is 2.12 bits per heavy atom. The number of likely N-dealkylation sites (tertiary alicyclic amines) is 2. The van der Waals surface area contributed by atoms with Crippen molar-refractivity contribution in [2.24, 2.45) is 5.41 Å². The van der Waals surface area contributed by atoms with Crippen LogP contribution in [0.3, 0.4) is 0 Å². The third kappa shape index (κ3) is 3.85. The highest BCUT2D eigenvalue weighted by Gasteiger charge is 2.42. The summed E-state index contributed by atoms with van der Waals surface area (Å²) in [7, 11) is 1.64. The Hall–Kier alpha value is -2.08. The number of piperidine rings is 2. The minimum atomic E-state index is -0.0419. The van der Waals surface area contributed by atoms with Gasteiger partial charge >= 0.3 is 0 Å². The first-order valence-electron chi connectivity index (χ1n) is 9.30. The standard InChI is InChI=1S/C20H28N2O4/c1-15-4-5-16(12-17(15)23)19(25)22-9-3-7-20(14-22)8-6-18(24)21(13-20)10-11-26-2/h4-5,12,23H,3,6-11,13-14H2,1-2H3/t20-/m0/s1. The predicted octanol–water partition coefficient (Wildman–Crippen LogP) is 2.19. The number of amides is 2. The van der Waals surface area contributed by atoms with Crippen LogP contribution in [0.1, 0.15) is 41.6 Å². The van der Waals surface area contributed by atoms with E-state index in [9.17, 15) is 14.7 Å². The minimum Gasteiger partial charge on any atom is -0.508 e. The number of aryl methyl sites for hydroxylation is 1. The molecule has 2 heterocycles. The van der Waals surface area contributed by atoms with Crippen molar-refractivity contribution in [1.82, 2.24) is 9.80 Å². The Morgan fingerprint density at radius 1 is 1.31 bits per heavy atom. The number of aromatic hydroxyl groups is 1. The molecule has 0 radical (unpaired) electrons. The maximum Gasteiger partial charge on any atom is 0.254 e. The highest BCUT2D eigenvalue weighted by Crippen LogP contribution is 2.39. The van der Waals surface area contributed by atoms with E-state index in [1.54, 1.807) is 25.3 Å². The minimum absolute atomic E-state index is 0.0255. The molecule has 1 aromatic carbocycles.